The maximum absolute atomic E-state index is 12.8. The molecule has 0 saturated heterocycles. The Hall–Kier alpha value is -0.730. The number of Topliss-reactive ketones (excluding diaryl/α,β-unsaturated/α-hetero) is 1. The minimum absolute atomic E-state index is 0.191. The molecule has 0 bridgehead atoms. The Morgan fingerprint density at radius 2 is 1.84 bits per heavy atom. The summed E-state index contributed by atoms with van der Waals surface area (Å²) in [5.74, 6) is 0.753. The molecule has 2 nitrogen and oxygen atoms in total. The third kappa shape index (κ3) is 1.88. The van der Waals surface area contributed by atoms with Crippen LogP contribution in [0, 0.1) is 5.41 Å². The standard InChI is InChI=1S/C15H16Cl2O2/c1-19-10-7-9-8-15(5-3-2-4-6-15)14(18)11(9)13(17)12(10)16/h7H,2-6,8H2,1H3. The van der Waals surface area contributed by atoms with E-state index in [1.165, 1.54) is 6.42 Å². The van der Waals surface area contributed by atoms with Crippen molar-refractivity contribution in [3.63, 3.8) is 0 Å². The first-order valence-corrected chi connectivity index (χ1v) is 7.44. The molecule has 4 heteroatoms. The molecule has 1 spiro atoms. The van der Waals surface area contributed by atoms with Crippen molar-refractivity contribution in [2.24, 2.45) is 5.41 Å². The maximum atomic E-state index is 12.8. The van der Waals surface area contributed by atoms with E-state index in [1.54, 1.807) is 7.11 Å². The average molecular weight is 299 g/mol. The second kappa shape index (κ2) is 4.68. The highest BCUT2D eigenvalue weighted by atomic mass is 35.5. The van der Waals surface area contributed by atoms with Crippen LogP contribution in [0.1, 0.15) is 48.0 Å². The molecule has 0 heterocycles. The smallest absolute Gasteiger partial charge is 0.171 e. The van der Waals surface area contributed by atoms with Gasteiger partial charge < -0.3 is 4.74 Å². The van der Waals surface area contributed by atoms with E-state index < -0.39 is 0 Å². The van der Waals surface area contributed by atoms with E-state index >= 15 is 0 Å². The number of hydrogen-bond acceptors (Lipinski definition) is 2. The van der Waals surface area contributed by atoms with Gasteiger partial charge in [-0.25, -0.2) is 0 Å². The van der Waals surface area contributed by atoms with Gasteiger partial charge in [-0.15, -0.1) is 0 Å². The molecule has 2 aliphatic rings. The molecule has 0 amide bonds. The van der Waals surface area contributed by atoms with E-state index in [0.717, 1.165) is 37.7 Å². The molecule has 0 radical (unpaired) electrons. The predicted octanol–water partition coefficient (Wildman–Crippen LogP) is 4.69. The van der Waals surface area contributed by atoms with Crippen molar-refractivity contribution in [3.8, 4) is 5.75 Å². The predicted molar refractivity (Wildman–Crippen MR) is 76.6 cm³/mol. The number of benzene rings is 1. The number of ketones is 1. The van der Waals surface area contributed by atoms with Gasteiger partial charge in [0.15, 0.2) is 5.78 Å². The molecular formula is C15H16Cl2O2. The highest BCUT2D eigenvalue weighted by Crippen LogP contribution is 2.51. The molecule has 19 heavy (non-hydrogen) atoms. The first kappa shape index (κ1) is 13.3. The Morgan fingerprint density at radius 3 is 2.47 bits per heavy atom. The zero-order chi connectivity index (χ0) is 13.6. The molecule has 1 fully saturated rings. The Bertz CT molecular complexity index is 546. The Balaban J connectivity index is 2.10. The number of methoxy groups -OCH3 is 1. The Kier molecular flexibility index (Phi) is 3.26. The zero-order valence-corrected chi connectivity index (χ0v) is 12.4. The van der Waals surface area contributed by atoms with E-state index in [1.807, 2.05) is 6.07 Å². The number of hydrogen-bond donors (Lipinski definition) is 0. The van der Waals surface area contributed by atoms with Crippen molar-refractivity contribution in [3.05, 3.63) is 27.2 Å². The van der Waals surface area contributed by atoms with Gasteiger partial charge in [0.25, 0.3) is 0 Å². The number of fused-ring (bicyclic) bond motifs is 1. The van der Waals surface area contributed by atoms with E-state index in [-0.39, 0.29) is 11.2 Å². The van der Waals surface area contributed by atoms with Crippen LogP contribution in [0.5, 0.6) is 5.75 Å². The van der Waals surface area contributed by atoms with Crippen molar-refractivity contribution in [2.45, 2.75) is 38.5 Å². The van der Waals surface area contributed by atoms with Gasteiger partial charge in [-0.1, -0.05) is 42.5 Å². The molecule has 1 saturated carbocycles. The van der Waals surface area contributed by atoms with Crippen molar-refractivity contribution in [1.82, 2.24) is 0 Å². The van der Waals surface area contributed by atoms with Crippen LogP contribution in [-0.4, -0.2) is 12.9 Å². The topological polar surface area (TPSA) is 26.3 Å². The fraction of sp³-hybridized carbons (Fsp3) is 0.533. The van der Waals surface area contributed by atoms with Gasteiger partial charge in [0.1, 0.15) is 10.8 Å². The SMILES string of the molecule is COc1cc2c(c(Cl)c1Cl)C(=O)C1(CCCCC1)C2. The summed E-state index contributed by atoms with van der Waals surface area (Å²) in [5.41, 5.74) is 1.41. The minimum Gasteiger partial charge on any atom is -0.495 e. The van der Waals surface area contributed by atoms with Crippen LogP contribution in [0.25, 0.3) is 0 Å². The fourth-order valence-corrected chi connectivity index (χ4v) is 4.06. The molecule has 0 unspecified atom stereocenters. The van der Waals surface area contributed by atoms with Gasteiger partial charge in [-0.2, -0.15) is 0 Å². The molecule has 102 valence electrons. The van der Waals surface area contributed by atoms with Gasteiger partial charge in [0.05, 0.1) is 12.1 Å². The Morgan fingerprint density at radius 1 is 1.16 bits per heavy atom. The third-order valence-corrected chi connectivity index (χ3v) is 5.37. The largest absolute Gasteiger partial charge is 0.495 e. The summed E-state index contributed by atoms with van der Waals surface area (Å²) in [4.78, 5) is 12.8. The lowest BCUT2D eigenvalue weighted by molar-refractivity contribution is 0.0748. The fourth-order valence-electron chi connectivity index (χ4n) is 3.53. The summed E-state index contributed by atoms with van der Waals surface area (Å²) in [5, 5.41) is 0.715. The molecule has 1 aromatic carbocycles. The lowest BCUT2D eigenvalue weighted by Crippen LogP contribution is -2.30. The molecular weight excluding hydrogens is 283 g/mol. The average Bonchev–Trinajstić information content (AvgIpc) is 2.68. The molecule has 0 atom stereocenters. The molecule has 0 N–H and O–H groups in total. The number of rotatable bonds is 1. The van der Waals surface area contributed by atoms with Crippen LogP contribution in [0.15, 0.2) is 6.07 Å². The van der Waals surface area contributed by atoms with Crippen LogP contribution in [0.2, 0.25) is 10.0 Å². The lowest BCUT2D eigenvalue weighted by atomic mass is 9.71. The third-order valence-electron chi connectivity index (χ3n) is 4.52. The first-order valence-electron chi connectivity index (χ1n) is 6.69. The normalized spacial score (nSPS) is 20.7. The van der Waals surface area contributed by atoms with Gasteiger partial charge in [-0.05, 0) is 30.9 Å². The van der Waals surface area contributed by atoms with Crippen LogP contribution < -0.4 is 4.74 Å². The highest BCUT2D eigenvalue weighted by Gasteiger charge is 2.47. The summed E-state index contributed by atoms with van der Waals surface area (Å²) >= 11 is 12.4. The number of ether oxygens (including phenoxy) is 1. The summed E-state index contributed by atoms with van der Waals surface area (Å²) in [6.45, 7) is 0. The maximum Gasteiger partial charge on any atom is 0.171 e. The van der Waals surface area contributed by atoms with Gasteiger partial charge >= 0.3 is 0 Å². The summed E-state index contributed by atoms with van der Waals surface area (Å²) in [7, 11) is 1.57. The molecule has 2 aliphatic carbocycles. The Labute approximate surface area is 123 Å². The van der Waals surface area contributed by atoms with Crippen molar-refractivity contribution < 1.29 is 9.53 Å². The van der Waals surface area contributed by atoms with E-state index in [4.69, 9.17) is 27.9 Å². The molecule has 3 rings (SSSR count). The molecule has 1 aromatic rings. The second-order valence-corrected chi connectivity index (χ2v) is 6.34. The van der Waals surface area contributed by atoms with Crippen LogP contribution >= 0.6 is 23.2 Å². The highest BCUT2D eigenvalue weighted by molar-refractivity contribution is 6.45. The monoisotopic (exact) mass is 298 g/mol. The quantitative estimate of drug-likeness (QED) is 0.752. The number of carbonyl (C=O) groups excluding carboxylic acids is 1. The van der Waals surface area contributed by atoms with Crippen molar-refractivity contribution in [2.75, 3.05) is 7.11 Å². The molecule has 0 aliphatic heterocycles. The minimum atomic E-state index is -0.222. The summed E-state index contributed by atoms with van der Waals surface area (Å²) in [6.07, 6.45) is 6.20. The van der Waals surface area contributed by atoms with Crippen molar-refractivity contribution >= 4 is 29.0 Å². The van der Waals surface area contributed by atoms with Crippen LogP contribution in [-0.2, 0) is 6.42 Å². The summed E-state index contributed by atoms with van der Waals surface area (Å²) in [6, 6.07) is 1.88. The van der Waals surface area contributed by atoms with Crippen LogP contribution in [0.4, 0.5) is 0 Å². The summed E-state index contributed by atoms with van der Waals surface area (Å²) < 4.78 is 5.23. The van der Waals surface area contributed by atoms with Crippen LogP contribution in [0.3, 0.4) is 0 Å². The van der Waals surface area contributed by atoms with E-state index in [0.29, 0.717) is 21.4 Å². The number of carbonyl (C=O) groups is 1. The van der Waals surface area contributed by atoms with Crippen molar-refractivity contribution in [1.29, 1.82) is 0 Å². The van der Waals surface area contributed by atoms with Gasteiger partial charge in [0.2, 0.25) is 0 Å². The zero-order valence-electron chi connectivity index (χ0n) is 10.9. The van der Waals surface area contributed by atoms with E-state index in [9.17, 15) is 4.79 Å². The lowest BCUT2D eigenvalue weighted by Gasteiger charge is -2.31. The van der Waals surface area contributed by atoms with Gasteiger partial charge in [0, 0.05) is 11.0 Å². The first-order chi connectivity index (χ1) is 9.09. The second-order valence-electron chi connectivity index (χ2n) is 5.59. The molecule has 0 aromatic heterocycles. The van der Waals surface area contributed by atoms with E-state index in [2.05, 4.69) is 0 Å². The number of halogens is 2. The van der Waals surface area contributed by atoms with Gasteiger partial charge in [-0.3, -0.25) is 4.79 Å².